The summed E-state index contributed by atoms with van der Waals surface area (Å²) in [5.74, 6) is -0.354. The molecule has 0 aromatic heterocycles. The van der Waals surface area contributed by atoms with E-state index in [-0.39, 0.29) is 5.91 Å². The standard InChI is InChI=1S/C14H24N2O4/c1-15(2)9-10-5-7-16(8-6-10)13(17)11-3-4-12(20-11)14(18)19/h10-12H,3-9H2,1-2H3,(H,18,19). The molecule has 2 rings (SSSR count). The Bertz CT molecular complexity index is 364. The quantitative estimate of drug-likeness (QED) is 0.810. The third-order valence-corrected chi connectivity index (χ3v) is 4.12. The number of hydrogen-bond acceptors (Lipinski definition) is 4. The lowest BCUT2D eigenvalue weighted by molar-refractivity contribution is -0.155. The molecule has 114 valence electrons. The first kappa shape index (κ1) is 15.3. The molecule has 6 nitrogen and oxygen atoms in total. The predicted octanol–water partition coefficient (Wildman–Crippen LogP) is 0.419. The van der Waals surface area contributed by atoms with Gasteiger partial charge in [-0.05, 0) is 45.7 Å². The van der Waals surface area contributed by atoms with Gasteiger partial charge in [0, 0.05) is 19.6 Å². The van der Waals surface area contributed by atoms with Gasteiger partial charge in [0.05, 0.1) is 0 Å². The van der Waals surface area contributed by atoms with E-state index in [0.717, 1.165) is 32.5 Å². The Morgan fingerprint density at radius 2 is 1.75 bits per heavy atom. The minimum Gasteiger partial charge on any atom is -0.479 e. The highest BCUT2D eigenvalue weighted by molar-refractivity contribution is 5.82. The van der Waals surface area contributed by atoms with Gasteiger partial charge in [0.2, 0.25) is 0 Å². The zero-order valence-corrected chi connectivity index (χ0v) is 12.2. The fourth-order valence-corrected chi connectivity index (χ4v) is 3.06. The van der Waals surface area contributed by atoms with E-state index in [0.29, 0.717) is 18.8 Å². The molecule has 1 amide bonds. The van der Waals surface area contributed by atoms with E-state index < -0.39 is 18.2 Å². The molecule has 0 radical (unpaired) electrons. The first-order valence-corrected chi connectivity index (χ1v) is 7.29. The number of ether oxygens (including phenoxy) is 1. The summed E-state index contributed by atoms with van der Waals surface area (Å²) in [4.78, 5) is 27.1. The summed E-state index contributed by atoms with van der Waals surface area (Å²) in [5.41, 5.74) is 0. The Morgan fingerprint density at radius 1 is 1.15 bits per heavy atom. The SMILES string of the molecule is CN(C)CC1CCN(C(=O)C2CCC(C(=O)O)O2)CC1. The highest BCUT2D eigenvalue weighted by Crippen LogP contribution is 2.24. The van der Waals surface area contributed by atoms with Crippen LogP contribution in [0.3, 0.4) is 0 Å². The van der Waals surface area contributed by atoms with Gasteiger partial charge in [0.25, 0.3) is 5.91 Å². The molecule has 2 saturated heterocycles. The van der Waals surface area contributed by atoms with Crippen LogP contribution in [0.1, 0.15) is 25.7 Å². The van der Waals surface area contributed by atoms with Crippen LogP contribution in [0.5, 0.6) is 0 Å². The number of amides is 1. The largest absolute Gasteiger partial charge is 0.479 e. The van der Waals surface area contributed by atoms with Crippen molar-refractivity contribution < 1.29 is 19.4 Å². The van der Waals surface area contributed by atoms with Crippen molar-refractivity contribution in [3.63, 3.8) is 0 Å². The van der Waals surface area contributed by atoms with Crippen LogP contribution >= 0.6 is 0 Å². The molecule has 0 aromatic rings. The molecular weight excluding hydrogens is 260 g/mol. The first-order valence-electron chi connectivity index (χ1n) is 7.29. The molecule has 20 heavy (non-hydrogen) atoms. The van der Waals surface area contributed by atoms with E-state index in [9.17, 15) is 9.59 Å². The smallest absolute Gasteiger partial charge is 0.332 e. The number of piperidine rings is 1. The van der Waals surface area contributed by atoms with Gasteiger partial charge in [-0.2, -0.15) is 0 Å². The van der Waals surface area contributed by atoms with E-state index in [2.05, 4.69) is 19.0 Å². The number of nitrogens with zero attached hydrogens (tertiary/aromatic N) is 2. The molecule has 6 heteroatoms. The Hall–Kier alpha value is -1.14. The van der Waals surface area contributed by atoms with Crippen LogP contribution in [0, 0.1) is 5.92 Å². The lowest BCUT2D eigenvalue weighted by Gasteiger charge is -2.34. The Morgan fingerprint density at radius 3 is 2.25 bits per heavy atom. The first-order chi connectivity index (χ1) is 9.47. The number of carbonyl (C=O) groups excluding carboxylic acids is 1. The Labute approximate surface area is 119 Å². The van der Waals surface area contributed by atoms with Gasteiger partial charge in [0.1, 0.15) is 6.10 Å². The van der Waals surface area contributed by atoms with Gasteiger partial charge >= 0.3 is 5.97 Å². The van der Waals surface area contributed by atoms with Crippen LogP contribution in [0.2, 0.25) is 0 Å². The van der Waals surface area contributed by atoms with Crippen molar-refractivity contribution in [2.75, 3.05) is 33.7 Å². The molecule has 0 saturated carbocycles. The van der Waals surface area contributed by atoms with E-state index in [4.69, 9.17) is 9.84 Å². The average Bonchev–Trinajstić information content (AvgIpc) is 2.88. The molecule has 1 N–H and O–H groups in total. The number of carbonyl (C=O) groups is 2. The third kappa shape index (κ3) is 3.70. The number of aliphatic carboxylic acids is 1. The van der Waals surface area contributed by atoms with Gasteiger partial charge in [-0.25, -0.2) is 4.79 Å². The zero-order valence-electron chi connectivity index (χ0n) is 12.2. The monoisotopic (exact) mass is 284 g/mol. The van der Waals surface area contributed by atoms with Crippen molar-refractivity contribution in [1.29, 1.82) is 0 Å². The van der Waals surface area contributed by atoms with Gasteiger partial charge in [-0.15, -0.1) is 0 Å². The number of carboxylic acids is 1. The molecule has 2 atom stereocenters. The van der Waals surface area contributed by atoms with Crippen molar-refractivity contribution in [3.05, 3.63) is 0 Å². The van der Waals surface area contributed by atoms with E-state index in [1.807, 2.05) is 4.90 Å². The topological polar surface area (TPSA) is 70.1 Å². The zero-order chi connectivity index (χ0) is 14.7. The fourth-order valence-electron chi connectivity index (χ4n) is 3.06. The van der Waals surface area contributed by atoms with Crippen LogP contribution in [-0.4, -0.2) is 72.7 Å². The highest BCUT2D eigenvalue weighted by Gasteiger charge is 2.37. The second-order valence-corrected chi connectivity index (χ2v) is 6.06. The van der Waals surface area contributed by atoms with Gasteiger partial charge in [0.15, 0.2) is 6.10 Å². The van der Waals surface area contributed by atoms with E-state index in [1.165, 1.54) is 0 Å². The summed E-state index contributed by atoms with van der Waals surface area (Å²) in [6, 6.07) is 0. The molecule has 2 fully saturated rings. The maximum absolute atomic E-state index is 12.3. The fraction of sp³-hybridized carbons (Fsp3) is 0.857. The summed E-state index contributed by atoms with van der Waals surface area (Å²) >= 11 is 0. The lowest BCUT2D eigenvalue weighted by atomic mass is 9.96. The molecule has 2 unspecified atom stereocenters. The van der Waals surface area contributed by atoms with Crippen molar-refractivity contribution in [2.24, 2.45) is 5.92 Å². The molecule has 0 bridgehead atoms. The van der Waals surface area contributed by atoms with Crippen molar-refractivity contribution in [1.82, 2.24) is 9.80 Å². The summed E-state index contributed by atoms with van der Waals surface area (Å²) in [6.07, 6.45) is 1.62. The highest BCUT2D eigenvalue weighted by atomic mass is 16.5. The van der Waals surface area contributed by atoms with Gasteiger partial charge in [-0.3, -0.25) is 4.79 Å². The average molecular weight is 284 g/mol. The van der Waals surface area contributed by atoms with E-state index in [1.54, 1.807) is 0 Å². The van der Waals surface area contributed by atoms with Crippen molar-refractivity contribution in [3.8, 4) is 0 Å². The Balaban J connectivity index is 1.79. The normalized spacial score (nSPS) is 28.1. The summed E-state index contributed by atoms with van der Waals surface area (Å²) < 4.78 is 5.33. The maximum atomic E-state index is 12.3. The molecule has 2 heterocycles. The van der Waals surface area contributed by atoms with Crippen LogP contribution in [-0.2, 0) is 14.3 Å². The summed E-state index contributed by atoms with van der Waals surface area (Å²) in [5, 5.41) is 8.89. The molecule has 0 aromatic carbocycles. The molecule has 2 aliphatic heterocycles. The number of rotatable bonds is 4. The van der Waals surface area contributed by atoms with Crippen LogP contribution in [0.15, 0.2) is 0 Å². The second-order valence-electron chi connectivity index (χ2n) is 6.06. The predicted molar refractivity (Wildman–Crippen MR) is 73.4 cm³/mol. The van der Waals surface area contributed by atoms with Crippen molar-refractivity contribution >= 4 is 11.9 Å². The van der Waals surface area contributed by atoms with Gasteiger partial charge < -0.3 is 19.6 Å². The van der Waals surface area contributed by atoms with Crippen LogP contribution in [0.25, 0.3) is 0 Å². The van der Waals surface area contributed by atoms with Gasteiger partial charge in [-0.1, -0.05) is 0 Å². The van der Waals surface area contributed by atoms with Crippen LogP contribution in [0.4, 0.5) is 0 Å². The molecule has 2 aliphatic rings. The summed E-state index contributed by atoms with van der Waals surface area (Å²) in [6.45, 7) is 2.58. The summed E-state index contributed by atoms with van der Waals surface area (Å²) in [7, 11) is 4.13. The lowest BCUT2D eigenvalue weighted by Crippen LogP contribution is -2.45. The van der Waals surface area contributed by atoms with Crippen molar-refractivity contribution in [2.45, 2.75) is 37.9 Å². The minimum absolute atomic E-state index is 0.0305. The second kappa shape index (κ2) is 6.54. The maximum Gasteiger partial charge on any atom is 0.332 e. The molecule has 0 aliphatic carbocycles. The number of hydrogen-bond donors (Lipinski definition) is 1. The minimum atomic E-state index is -0.968. The van der Waals surface area contributed by atoms with E-state index >= 15 is 0 Å². The molecular formula is C14H24N2O4. The van der Waals surface area contributed by atoms with Crippen LogP contribution < -0.4 is 0 Å². The molecule has 0 spiro atoms. The number of carboxylic acid groups (broad SMARTS) is 1. The third-order valence-electron chi connectivity index (χ3n) is 4.12. The Kier molecular flexibility index (Phi) is 4.99. The number of likely N-dealkylation sites (tertiary alicyclic amines) is 1.